The summed E-state index contributed by atoms with van der Waals surface area (Å²) in [7, 11) is 0. The molecule has 0 saturated carbocycles. The summed E-state index contributed by atoms with van der Waals surface area (Å²) in [5.74, 6) is 0.331. The van der Waals surface area contributed by atoms with Gasteiger partial charge in [-0.25, -0.2) is 0 Å². The lowest BCUT2D eigenvalue weighted by atomic mass is 10.1. The number of hydrogen-bond acceptors (Lipinski definition) is 3. The summed E-state index contributed by atoms with van der Waals surface area (Å²) >= 11 is 1.84. The third-order valence-corrected chi connectivity index (χ3v) is 4.24. The van der Waals surface area contributed by atoms with E-state index >= 15 is 0 Å². The fourth-order valence-corrected chi connectivity index (χ4v) is 2.82. The monoisotopic (exact) mass is 308 g/mol. The molecule has 0 radical (unpaired) electrons. The van der Waals surface area contributed by atoms with Crippen LogP contribution in [0.3, 0.4) is 0 Å². The molecule has 0 fully saturated rings. The van der Waals surface area contributed by atoms with Crippen LogP contribution >= 0.6 is 11.8 Å². The van der Waals surface area contributed by atoms with Crippen molar-refractivity contribution in [3.63, 3.8) is 0 Å². The molecule has 116 valence electrons. The molecule has 1 rings (SSSR count). The molecule has 5 heteroatoms. The average Bonchev–Trinajstić information content (AvgIpc) is 2.33. The highest BCUT2D eigenvalue weighted by molar-refractivity contribution is 8.00. The number of carbonyl (C=O) groups excluding carboxylic acids is 2. The summed E-state index contributed by atoms with van der Waals surface area (Å²) in [5, 5.41) is 2.78. The number of rotatable bonds is 6. The molecular weight excluding hydrogens is 284 g/mol. The van der Waals surface area contributed by atoms with Crippen LogP contribution in [0.15, 0.2) is 18.2 Å². The molecule has 0 saturated heterocycles. The maximum Gasteiger partial charge on any atom is 0.251 e. The van der Waals surface area contributed by atoms with Crippen LogP contribution in [0.2, 0.25) is 0 Å². The van der Waals surface area contributed by atoms with Gasteiger partial charge in [0.05, 0.1) is 11.3 Å². The van der Waals surface area contributed by atoms with E-state index in [9.17, 15) is 9.59 Å². The summed E-state index contributed by atoms with van der Waals surface area (Å²) in [5.41, 5.74) is 7.01. The molecule has 0 spiro atoms. The average molecular weight is 308 g/mol. The van der Waals surface area contributed by atoms with E-state index in [2.05, 4.69) is 26.1 Å². The van der Waals surface area contributed by atoms with E-state index in [1.807, 2.05) is 11.8 Å². The van der Waals surface area contributed by atoms with Gasteiger partial charge in [-0.05, 0) is 30.7 Å². The summed E-state index contributed by atoms with van der Waals surface area (Å²) in [6.07, 6.45) is 1.25. The zero-order valence-corrected chi connectivity index (χ0v) is 14.0. The first-order valence-corrected chi connectivity index (χ1v) is 8.02. The van der Waals surface area contributed by atoms with Crippen molar-refractivity contribution in [2.24, 2.45) is 5.73 Å². The van der Waals surface area contributed by atoms with Crippen molar-refractivity contribution in [2.45, 2.75) is 45.3 Å². The molecule has 2 amide bonds. The Morgan fingerprint density at radius 1 is 1.29 bits per heavy atom. The van der Waals surface area contributed by atoms with Crippen LogP contribution in [0.25, 0.3) is 0 Å². The second-order valence-electron chi connectivity index (χ2n) is 5.97. The highest BCUT2D eigenvalue weighted by atomic mass is 32.2. The first-order chi connectivity index (χ1) is 9.70. The van der Waals surface area contributed by atoms with Gasteiger partial charge in [-0.15, -0.1) is 0 Å². The van der Waals surface area contributed by atoms with Crippen LogP contribution in [0, 0.1) is 6.92 Å². The van der Waals surface area contributed by atoms with E-state index in [0.29, 0.717) is 17.7 Å². The van der Waals surface area contributed by atoms with E-state index in [4.69, 9.17) is 5.73 Å². The Labute approximate surface area is 130 Å². The van der Waals surface area contributed by atoms with E-state index < -0.39 is 5.91 Å². The molecule has 1 aromatic carbocycles. The van der Waals surface area contributed by atoms with Gasteiger partial charge in [-0.3, -0.25) is 9.59 Å². The summed E-state index contributed by atoms with van der Waals surface area (Å²) in [6.45, 7) is 8.27. The lowest BCUT2D eigenvalue weighted by Crippen LogP contribution is -2.19. The smallest absolute Gasteiger partial charge is 0.251 e. The Morgan fingerprint density at radius 3 is 2.52 bits per heavy atom. The minimum Gasteiger partial charge on any atom is -0.366 e. The Hall–Kier alpha value is -1.49. The summed E-state index contributed by atoms with van der Waals surface area (Å²) < 4.78 is 0.214. The Morgan fingerprint density at radius 2 is 1.95 bits per heavy atom. The molecule has 0 aliphatic heterocycles. The van der Waals surface area contributed by atoms with E-state index in [0.717, 1.165) is 17.7 Å². The lowest BCUT2D eigenvalue weighted by molar-refractivity contribution is -0.116. The number of primary amides is 1. The molecule has 1 aromatic rings. The number of carbonyl (C=O) groups is 2. The van der Waals surface area contributed by atoms with Crippen molar-refractivity contribution in [1.29, 1.82) is 0 Å². The molecule has 0 aliphatic carbocycles. The zero-order valence-electron chi connectivity index (χ0n) is 13.2. The number of anilines is 1. The van der Waals surface area contributed by atoms with Crippen LogP contribution < -0.4 is 11.1 Å². The topological polar surface area (TPSA) is 72.2 Å². The normalized spacial score (nSPS) is 11.2. The molecule has 0 heterocycles. The van der Waals surface area contributed by atoms with Crippen molar-refractivity contribution < 1.29 is 9.59 Å². The van der Waals surface area contributed by atoms with Crippen molar-refractivity contribution in [2.75, 3.05) is 11.1 Å². The zero-order chi connectivity index (χ0) is 16.0. The van der Waals surface area contributed by atoms with Gasteiger partial charge in [0.25, 0.3) is 5.91 Å². The van der Waals surface area contributed by atoms with Crippen molar-refractivity contribution in [3.05, 3.63) is 29.3 Å². The number of nitrogens with two attached hydrogens (primary N) is 1. The van der Waals surface area contributed by atoms with Crippen LogP contribution in [0.5, 0.6) is 0 Å². The first kappa shape index (κ1) is 17.6. The van der Waals surface area contributed by atoms with Gasteiger partial charge < -0.3 is 11.1 Å². The summed E-state index contributed by atoms with van der Waals surface area (Å²) in [4.78, 5) is 23.4. The lowest BCUT2D eigenvalue weighted by Gasteiger charge is -2.17. The number of nitrogens with one attached hydrogen (secondary N) is 1. The highest BCUT2D eigenvalue weighted by Crippen LogP contribution is 2.24. The molecule has 0 aliphatic rings. The van der Waals surface area contributed by atoms with Gasteiger partial charge in [-0.2, -0.15) is 11.8 Å². The van der Waals surface area contributed by atoms with E-state index in [1.165, 1.54) is 0 Å². The fourth-order valence-electron chi connectivity index (χ4n) is 1.92. The van der Waals surface area contributed by atoms with E-state index in [-0.39, 0.29) is 10.7 Å². The van der Waals surface area contributed by atoms with Crippen LogP contribution in [-0.2, 0) is 4.79 Å². The predicted octanol–water partition coefficient (Wildman–Crippen LogP) is 3.34. The van der Waals surface area contributed by atoms with Crippen LogP contribution in [0.4, 0.5) is 5.69 Å². The van der Waals surface area contributed by atoms with Crippen LogP contribution in [0.1, 0.15) is 49.5 Å². The first-order valence-electron chi connectivity index (χ1n) is 7.04. The standard InChI is InChI=1S/C16H24N2O2S/c1-11-7-5-8-12(14(11)15(17)20)18-13(19)9-6-10-21-16(2,3)4/h5,7-8H,6,9-10H2,1-4H3,(H2,17,20)(H,18,19). The molecule has 0 bridgehead atoms. The third-order valence-electron chi connectivity index (χ3n) is 2.88. The van der Waals surface area contributed by atoms with Crippen LogP contribution in [-0.4, -0.2) is 22.3 Å². The number of aryl methyl sites for hydroxylation is 1. The summed E-state index contributed by atoms with van der Waals surface area (Å²) in [6, 6.07) is 5.30. The molecule has 0 aromatic heterocycles. The number of hydrogen-bond donors (Lipinski definition) is 2. The predicted molar refractivity (Wildman–Crippen MR) is 89.8 cm³/mol. The van der Waals surface area contributed by atoms with Gasteiger partial charge in [0.2, 0.25) is 5.91 Å². The minimum atomic E-state index is -0.522. The molecule has 3 N–H and O–H groups in total. The second-order valence-corrected chi connectivity index (χ2v) is 7.90. The van der Waals surface area contributed by atoms with Gasteiger partial charge >= 0.3 is 0 Å². The second kappa shape index (κ2) is 7.50. The molecule has 21 heavy (non-hydrogen) atoms. The van der Waals surface area contributed by atoms with Gasteiger partial charge in [0.15, 0.2) is 0 Å². The van der Waals surface area contributed by atoms with Crippen molar-refractivity contribution in [3.8, 4) is 0 Å². The fraction of sp³-hybridized carbons (Fsp3) is 0.500. The quantitative estimate of drug-likeness (QED) is 0.792. The molecule has 0 unspecified atom stereocenters. The molecule has 4 nitrogen and oxygen atoms in total. The molecule has 0 atom stereocenters. The maximum absolute atomic E-state index is 12.0. The van der Waals surface area contributed by atoms with Gasteiger partial charge in [-0.1, -0.05) is 32.9 Å². The Bertz CT molecular complexity index is 521. The SMILES string of the molecule is Cc1cccc(NC(=O)CCCSC(C)(C)C)c1C(N)=O. The third kappa shape index (κ3) is 6.21. The minimum absolute atomic E-state index is 0.0855. The molecular formula is C16H24N2O2S. The number of benzene rings is 1. The Balaban J connectivity index is 2.56. The largest absolute Gasteiger partial charge is 0.366 e. The maximum atomic E-state index is 12.0. The van der Waals surface area contributed by atoms with Crippen molar-refractivity contribution in [1.82, 2.24) is 0 Å². The number of thioether (sulfide) groups is 1. The van der Waals surface area contributed by atoms with Gasteiger partial charge in [0.1, 0.15) is 0 Å². The number of amides is 2. The Kier molecular flexibility index (Phi) is 6.27. The van der Waals surface area contributed by atoms with E-state index in [1.54, 1.807) is 25.1 Å². The highest BCUT2D eigenvalue weighted by Gasteiger charge is 2.14. The van der Waals surface area contributed by atoms with Crippen molar-refractivity contribution >= 4 is 29.3 Å². The van der Waals surface area contributed by atoms with Gasteiger partial charge in [0, 0.05) is 11.2 Å².